The van der Waals surface area contributed by atoms with E-state index < -0.39 is 12.8 Å². The van der Waals surface area contributed by atoms with E-state index in [9.17, 15) is 13.2 Å². The van der Waals surface area contributed by atoms with Gasteiger partial charge in [0, 0.05) is 19.7 Å². The van der Waals surface area contributed by atoms with Gasteiger partial charge in [-0.2, -0.15) is 13.2 Å². The molecule has 1 unspecified atom stereocenters. The minimum absolute atomic E-state index is 0.0498. The fourth-order valence-corrected chi connectivity index (χ4v) is 3.40. The Balaban J connectivity index is 1.92. The summed E-state index contributed by atoms with van der Waals surface area (Å²) in [5, 5.41) is 6.37. The van der Waals surface area contributed by atoms with Gasteiger partial charge in [0.25, 0.3) is 0 Å². The summed E-state index contributed by atoms with van der Waals surface area (Å²) in [5.41, 5.74) is 1.19. The Morgan fingerprint density at radius 2 is 1.87 bits per heavy atom. The van der Waals surface area contributed by atoms with Crippen molar-refractivity contribution in [2.45, 2.75) is 38.4 Å². The minimum atomic E-state index is -4.28. The number of likely N-dealkylation sites (tertiary alicyclic amines) is 1. The molecule has 2 rings (SSSR count). The molecule has 0 amide bonds. The van der Waals surface area contributed by atoms with E-state index in [1.54, 1.807) is 7.11 Å². The van der Waals surface area contributed by atoms with Gasteiger partial charge in [-0.3, -0.25) is 9.89 Å². The molecule has 0 saturated carbocycles. The molecular weight excluding hydrogens is 397 g/mol. The lowest BCUT2D eigenvalue weighted by Gasteiger charge is -2.27. The monoisotopic (exact) mass is 430 g/mol. The number of nitrogens with zero attached hydrogens (tertiary/aromatic N) is 2. The van der Waals surface area contributed by atoms with E-state index >= 15 is 0 Å². The minimum Gasteiger partial charge on any atom is -0.497 e. The van der Waals surface area contributed by atoms with Gasteiger partial charge in [-0.1, -0.05) is 12.1 Å². The van der Waals surface area contributed by atoms with Crippen LogP contribution in [0.3, 0.4) is 0 Å². The zero-order chi connectivity index (χ0) is 21.8. The van der Waals surface area contributed by atoms with Crippen LogP contribution in [0.2, 0.25) is 0 Å². The predicted molar refractivity (Wildman–Crippen MR) is 112 cm³/mol. The highest BCUT2D eigenvalue weighted by molar-refractivity contribution is 5.79. The smallest absolute Gasteiger partial charge is 0.411 e. The van der Waals surface area contributed by atoms with E-state index in [1.165, 1.54) is 18.4 Å². The lowest BCUT2D eigenvalue weighted by Crippen LogP contribution is -2.39. The molecule has 0 aliphatic carbocycles. The first kappa shape index (κ1) is 24.3. The number of guanidine groups is 1. The molecule has 1 atom stereocenters. The van der Waals surface area contributed by atoms with Gasteiger partial charge in [0.1, 0.15) is 12.4 Å². The molecule has 6 nitrogen and oxygen atoms in total. The molecule has 2 N–H and O–H groups in total. The fourth-order valence-electron chi connectivity index (χ4n) is 3.40. The summed E-state index contributed by atoms with van der Waals surface area (Å²) in [6.07, 6.45) is -1.44. The quantitative estimate of drug-likeness (QED) is 0.320. The van der Waals surface area contributed by atoms with E-state index in [0.29, 0.717) is 32.0 Å². The number of alkyl halides is 3. The summed E-state index contributed by atoms with van der Waals surface area (Å²) in [6.45, 7) is 4.69. The molecular formula is C21H33F3N4O2. The third-order valence-corrected chi connectivity index (χ3v) is 4.87. The summed E-state index contributed by atoms with van der Waals surface area (Å²) in [5.74, 6) is 1.48. The van der Waals surface area contributed by atoms with Crippen LogP contribution < -0.4 is 15.4 Å². The van der Waals surface area contributed by atoms with Crippen LogP contribution in [-0.2, 0) is 4.74 Å². The van der Waals surface area contributed by atoms with Crippen molar-refractivity contribution in [2.24, 2.45) is 4.99 Å². The van der Waals surface area contributed by atoms with Crippen LogP contribution in [0.25, 0.3) is 0 Å². The van der Waals surface area contributed by atoms with Crippen molar-refractivity contribution < 1.29 is 22.6 Å². The SMILES string of the molecule is CCNC(=NCC(c1ccc(OC)cc1)N1CCCC1)NCCCOCC(F)(F)F. The van der Waals surface area contributed by atoms with Crippen molar-refractivity contribution in [1.29, 1.82) is 0 Å². The Kier molecular flexibility index (Phi) is 10.2. The number of nitrogens with one attached hydrogen (secondary N) is 2. The second-order valence-electron chi connectivity index (χ2n) is 7.20. The number of methoxy groups -OCH3 is 1. The zero-order valence-corrected chi connectivity index (χ0v) is 17.8. The van der Waals surface area contributed by atoms with Crippen LogP contribution in [0.4, 0.5) is 13.2 Å². The molecule has 0 bridgehead atoms. The highest BCUT2D eigenvalue weighted by Crippen LogP contribution is 2.27. The van der Waals surface area contributed by atoms with Crippen LogP contribution in [0.5, 0.6) is 5.75 Å². The van der Waals surface area contributed by atoms with Gasteiger partial charge >= 0.3 is 6.18 Å². The van der Waals surface area contributed by atoms with Gasteiger partial charge in [0.2, 0.25) is 0 Å². The standard InChI is InChI=1S/C21H33F3N4O2/c1-3-25-20(26-11-6-14-30-16-21(22,23)24)27-15-19(28-12-4-5-13-28)17-7-9-18(29-2)10-8-17/h7-10,19H,3-6,11-16H2,1-2H3,(H2,25,26,27). The van der Waals surface area contributed by atoms with Crippen molar-refractivity contribution in [3.05, 3.63) is 29.8 Å². The second-order valence-corrected chi connectivity index (χ2v) is 7.20. The number of halogens is 3. The third kappa shape index (κ3) is 8.79. The molecule has 30 heavy (non-hydrogen) atoms. The summed E-state index contributed by atoms with van der Waals surface area (Å²) in [7, 11) is 1.65. The number of rotatable bonds is 11. The van der Waals surface area contributed by atoms with Crippen LogP contribution >= 0.6 is 0 Å². The van der Waals surface area contributed by atoms with E-state index in [-0.39, 0.29) is 12.6 Å². The van der Waals surface area contributed by atoms with Gasteiger partial charge in [-0.05, 0) is 57.0 Å². The van der Waals surface area contributed by atoms with Gasteiger partial charge in [0.05, 0.1) is 19.7 Å². The molecule has 1 aliphatic heterocycles. The number of hydrogen-bond acceptors (Lipinski definition) is 4. The highest BCUT2D eigenvalue weighted by Gasteiger charge is 2.27. The lowest BCUT2D eigenvalue weighted by molar-refractivity contribution is -0.173. The number of hydrogen-bond donors (Lipinski definition) is 2. The third-order valence-electron chi connectivity index (χ3n) is 4.87. The Labute approximate surface area is 176 Å². The van der Waals surface area contributed by atoms with Gasteiger partial charge in [-0.25, -0.2) is 0 Å². The Morgan fingerprint density at radius 3 is 2.47 bits per heavy atom. The highest BCUT2D eigenvalue weighted by atomic mass is 19.4. The van der Waals surface area contributed by atoms with Crippen LogP contribution in [0, 0.1) is 0 Å². The second kappa shape index (κ2) is 12.6. The van der Waals surface area contributed by atoms with Crippen molar-refractivity contribution >= 4 is 5.96 Å². The molecule has 9 heteroatoms. The normalized spacial score (nSPS) is 16.5. The van der Waals surface area contributed by atoms with E-state index in [2.05, 4.69) is 32.4 Å². The predicted octanol–water partition coefficient (Wildman–Crippen LogP) is 3.36. The van der Waals surface area contributed by atoms with E-state index in [0.717, 1.165) is 18.8 Å². The molecule has 1 heterocycles. The molecule has 0 aromatic heterocycles. The first-order chi connectivity index (χ1) is 14.4. The Morgan fingerprint density at radius 1 is 1.17 bits per heavy atom. The summed E-state index contributed by atoms with van der Waals surface area (Å²) in [4.78, 5) is 7.18. The maximum Gasteiger partial charge on any atom is 0.411 e. The van der Waals surface area contributed by atoms with E-state index in [4.69, 9.17) is 9.73 Å². The number of aliphatic imine (C=N–C) groups is 1. The maximum atomic E-state index is 12.1. The molecule has 1 aromatic rings. The average Bonchev–Trinajstić information content (AvgIpc) is 3.24. The van der Waals surface area contributed by atoms with Crippen molar-refractivity contribution in [1.82, 2.24) is 15.5 Å². The molecule has 1 fully saturated rings. The molecule has 1 aromatic carbocycles. The van der Waals surface area contributed by atoms with Gasteiger partial charge in [0.15, 0.2) is 5.96 Å². The maximum absolute atomic E-state index is 12.1. The Bertz CT molecular complexity index is 632. The largest absolute Gasteiger partial charge is 0.497 e. The fraction of sp³-hybridized carbons (Fsp3) is 0.667. The van der Waals surface area contributed by atoms with Crippen molar-refractivity contribution in [3.8, 4) is 5.75 Å². The van der Waals surface area contributed by atoms with Gasteiger partial charge < -0.3 is 20.1 Å². The van der Waals surface area contributed by atoms with Crippen LogP contribution in [0.15, 0.2) is 29.3 Å². The van der Waals surface area contributed by atoms with Crippen molar-refractivity contribution in [3.63, 3.8) is 0 Å². The number of benzene rings is 1. The zero-order valence-electron chi connectivity index (χ0n) is 17.8. The Hall–Kier alpha value is -2.00. The average molecular weight is 431 g/mol. The molecule has 1 saturated heterocycles. The summed E-state index contributed by atoms with van der Waals surface area (Å²) >= 11 is 0. The summed E-state index contributed by atoms with van der Waals surface area (Å²) < 4.78 is 46.2. The first-order valence-electron chi connectivity index (χ1n) is 10.5. The van der Waals surface area contributed by atoms with Crippen molar-refractivity contribution in [2.75, 3.05) is 53.0 Å². The van der Waals surface area contributed by atoms with Gasteiger partial charge in [-0.15, -0.1) is 0 Å². The topological polar surface area (TPSA) is 58.1 Å². The van der Waals surface area contributed by atoms with Crippen LogP contribution in [-0.4, -0.2) is 70.1 Å². The van der Waals surface area contributed by atoms with Crippen LogP contribution in [0.1, 0.15) is 37.8 Å². The number of ether oxygens (including phenoxy) is 2. The first-order valence-corrected chi connectivity index (χ1v) is 10.5. The van der Waals surface area contributed by atoms with E-state index in [1.807, 2.05) is 19.1 Å². The summed E-state index contributed by atoms with van der Waals surface area (Å²) in [6, 6.07) is 8.26. The lowest BCUT2D eigenvalue weighted by atomic mass is 10.1. The molecule has 0 spiro atoms. The molecule has 0 radical (unpaired) electrons. The molecule has 1 aliphatic rings. The molecule has 170 valence electrons.